The van der Waals surface area contributed by atoms with Gasteiger partial charge >= 0.3 is 0 Å². The second-order valence-electron chi connectivity index (χ2n) is 12.0. The Kier molecular flexibility index (Phi) is 5.90. The quantitative estimate of drug-likeness (QED) is 0.206. The summed E-state index contributed by atoms with van der Waals surface area (Å²) in [7, 11) is 0. The summed E-state index contributed by atoms with van der Waals surface area (Å²) in [6.07, 6.45) is 2.32. The van der Waals surface area contributed by atoms with Gasteiger partial charge in [0, 0.05) is 33.0 Å². The zero-order chi connectivity index (χ0) is 30.8. The number of para-hydroxylation sites is 1. The summed E-state index contributed by atoms with van der Waals surface area (Å²) in [4.78, 5) is 5.07. The lowest BCUT2D eigenvalue weighted by atomic mass is 9.87. The van der Waals surface area contributed by atoms with Crippen LogP contribution in [0.4, 0.5) is 5.69 Å². The van der Waals surface area contributed by atoms with Crippen LogP contribution >= 0.6 is 0 Å². The van der Waals surface area contributed by atoms with Gasteiger partial charge in [-0.2, -0.15) is 0 Å². The molecule has 0 saturated carbocycles. The fourth-order valence-corrected chi connectivity index (χ4v) is 7.12. The molecule has 0 amide bonds. The van der Waals surface area contributed by atoms with Crippen molar-refractivity contribution in [2.24, 2.45) is 4.99 Å². The molecular weight excluding hydrogens is 560 g/mol. The van der Waals surface area contributed by atoms with E-state index in [4.69, 9.17) is 15.2 Å². The van der Waals surface area contributed by atoms with Gasteiger partial charge in [0.25, 0.3) is 0 Å². The van der Waals surface area contributed by atoms with Gasteiger partial charge < -0.3 is 0 Å². The van der Waals surface area contributed by atoms with E-state index < -0.39 is 0 Å². The fourth-order valence-electron chi connectivity index (χ4n) is 7.12. The third-order valence-corrected chi connectivity index (χ3v) is 9.52. The van der Waals surface area contributed by atoms with Crippen LogP contribution < -0.4 is 10.6 Å². The molecule has 2 aliphatic rings. The van der Waals surface area contributed by atoms with Crippen molar-refractivity contribution in [3.63, 3.8) is 0 Å². The summed E-state index contributed by atoms with van der Waals surface area (Å²) in [6, 6.07) is 44.5. The Balaban J connectivity index is 1.29. The molecule has 0 spiro atoms. The van der Waals surface area contributed by atoms with Gasteiger partial charge in [0.15, 0.2) is 0 Å². The fraction of sp³-hybridized carbons (Fsp3) is 0.0476. The first-order chi connectivity index (χ1) is 22.7. The van der Waals surface area contributed by atoms with Crippen LogP contribution in [0.2, 0.25) is 0 Å². The molecule has 4 heteroatoms. The molecule has 46 heavy (non-hydrogen) atoms. The molecule has 216 valence electrons. The van der Waals surface area contributed by atoms with Crippen molar-refractivity contribution < 1.29 is 0 Å². The second kappa shape index (κ2) is 10.3. The molecule has 1 aliphatic carbocycles. The molecule has 7 aromatic rings. The monoisotopic (exact) mass is 588 g/mol. The van der Waals surface area contributed by atoms with Crippen LogP contribution in [0, 0.1) is 13.8 Å². The minimum atomic E-state index is 0.814. The van der Waals surface area contributed by atoms with Gasteiger partial charge in [0.1, 0.15) is 11.4 Å². The lowest BCUT2D eigenvalue weighted by Gasteiger charge is -2.19. The topological polar surface area (TPSA) is 51.0 Å². The highest BCUT2D eigenvalue weighted by Gasteiger charge is 2.26. The van der Waals surface area contributed by atoms with Crippen LogP contribution in [0.1, 0.15) is 16.7 Å². The van der Waals surface area contributed by atoms with Crippen molar-refractivity contribution in [3.05, 3.63) is 155 Å². The first-order valence-corrected chi connectivity index (χ1v) is 15.6. The van der Waals surface area contributed by atoms with Crippen LogP contribution in [0.15, 0.2) is 132 Å². The lowest BCUT2D eigenvalue weighted by Crippen LogP contribution is -2.25. The Morgan fingerprint density at radius 1 is 0.457 bits per heavy atom. The Hall–Kier alpha value is -6.00. The van der Waals surface area contributed by atoms with E-state index in [-0.39, 0.29) is 0 Å². The molecule has 0 saturated heterocycles. The number of hydrogen-bond donors (Lipinski definition) is 0. The van der Waals surface area contributed by atoms with Crippen molar-refractivity contribution in [1.82, 2.24) is 15.4 Å². The van der Waals surface area contributed by atoms with Crippen LogP contribution in [0.25, 0.3) is 73.1 Å². The standard InChI is InChI=1S/C42H28N4/c1-25-26(2)35(24-36-30-21-22-33-31-18-11-12-20-38(31)43-40(33)37(30)23-34(25)36)42-39(28-15-7-4-8-16-28)41(44-46-45-42)32-19-10-9-17-29(32)27-13-5-3-6-14-27/h3-24H,1-2H3. The summed E-state index contributed by atoms with van der Waals surface area (Å²) >= 11 is 0. The zero-order valence-corrected chi connectivity index (χ0v) is 25.5. The molecule has 0 fully saturated rings. The van der Waals surface area contributed by atoms with Crippen molar-refractivity contribution in [2.45, 2.75) is 13.8 Å². The first-order valence-electron chi connectivity index (χ1n) is 15.6. The summed E-state index contributed by atoms with van der Waals surface area (Å²) in [5, 5.41) is 16.2. The van der Waals surface area contributed by atoms with Crippen molar-refractivity contribution in [2.75, 3.05) is 0 Å². The smallest absolute Gasteiger partial charge is 0.105 e. The maximum Gasteiger partial charge on any atom is 0.105 e. The Labute approximate surface area is 267 Å². The predicted octanol–water partition coefficient (Wildman–Crippen LogP) is 8.90. The molecule has 0 radical (unpaired) electrons. The van der Waals surface area contributed by atoms with Gasteiger partial charge in [-0.1, -0.05) is 115 Å². The average Bonchev–Trinajstić information content (AvgIpc) is 3.69. The van der Waals surface area contributed by atoms with E-state index in [1.54, 1.807) is 0 Å². The highest BCUT2D eigenvalue weighted by molar-refractivity contribution is 5.98. The summed E-state index contributed by atoms with van der Waals surface area (Å²) in [5.41, 5.74) is 17.5. The van der Waals surface area contributed by atoms with Gasteiger partial charge in [0.2, 0.25) is 0 Å². The van der Waals surface area contributed by atoms with Crippen molar-refractivity contribution >= 4 is 11.8 Å². The Bertz CT molecular complexity index is 2480. The molecule has 0 bridgehead atoms. The summed E-state index contributed by atoms with van der Waals surface area (Å²) in [5.74, 6) is 0. The van der Waals surface area contributed by atoms with E-state index in [2.05, 4.69) is 140 Å². The maximum absolute atomic E-state index is 5.07. The van der Waals surface area contributed by atoms with Gasteiger partial charge in [-0.3, -0.25) is 0 Å². The number of rotatable bonds is 4. The number of hydrogen-bond acceptors (Lipinski definition) is 4. The Morgan fingerprint density at radius 2 is 1.07 bits per heavy atom. The lowest BCUT2D eigenvalue weighted by molar-refractivity contribution is 0.878. The Morgan fingerprint density at radius 3 is 1.83 bits per heavy atom. The van der Waals surface area contributed by atoms with E-state index >= 15 is 0 Å². The second-order valence-corrected chi connectivity index (χ2v) is 12.0. The highest BCUT2D eigenvalue weighted by atomic mass is 15.3. The number of benzene rings is 6. The maximum atomic E-state index is 5.07. The van der Waals surface area contributed by atoms with Crippen LogP contribution in [0.5, 0.6) is 0 Å². The number of fused-ring (bicyclic) bond motifs is 7. The molecule has 1 aromatic heterocycles. The number of aromatic nitrogens is 3. The third-order valence-electron chi connectivity index (χ3n) is 9.52. The van der Waals surface area contributed by atoms with E-state index in [1.807, 2.05) is 12.1 Å². The van der Waals surface area contributed by atoms with Gasteiger partial charge in [-0.05, 0) is 81.8 Å². The normalized spacial score (nSPS) is 12.0. The van der Waals surface area contributed by atoms with Crippen LogP contribution in [0.3, 0.4) is 0 Å². The van der Waals surface area contributed by atoms with Crippen LogP contribution in [-0.4, -0.2) is 15.4 Å². The van der Waals surface area contributed by atoms with E-state index in [9.17, 15) is 0 Å². The molecule has 0 atom stereocenters. The molecule has 6 aromatic carbocycles. The summed E-state index contributed by atoms with van der Waals surface area (Å²) in [6.45, 7) is 4.41. The number of nitrogens with zero attached hydrogens (tertiary/aromatic N) is 4. The SMILES string of the molecule is Cc1c(-c2nnnc(-c3ccccc3-c3ccccc3)c2-c2ccccc2)cc2c(c1C)C=c1c-2ccc2c1=Nc1ccccc1-2. The predicted molar refractivity (Wildman–Crippen MR) is 186 cm³/mol. The summed E-state index contributed by atoms with van der Waals surface area (Å²) < 4.78 is 0. The third kappa shape index (κ3) is 3.93. The minimum Gasteiger partial charge on any atom is -0.247 e. The van der Waals surface area contributed by atoms with Gasteiger partial charge in [-0.25, -0.2) is 4.99 Å². The van der Waals surface area contributed by atoms with Crippen LogP contribution in [-0.2, 0) is 0 Å². The molecule has 0 N–H and O–H groups in total. The molecule has 0 unspecified atom stereocenters. The molecule has 9 rings (SSSR count). The first kappa shape index (κ1) is 26.4. The highest BCUT2D eigenvalue weighted by Crippen LogP contribution is 2.44. The van der Waals surface area contributed by atoms with E-state index in [0.29, 0.717) is 0 Å². The van der Waals surface area contributed by atoms with Crippen molar-refractivity contribution in [1.29, 1.82) is 0 Å². The average molecular weight is 589 g/mol. The van der Waals surface area contributed by atoms with Crippen molar-refractivity contribution in [3.8, 4) is 67.0 Å². The largest absolute Gasteiger partial charge is 0.247 e. The molecular formula is C42H28N4. The van der Waals surface area contributed by atoms with Gasteiger partial charge in [-0.15, -0.1) is 10.2 Å². The zero-order valence-electron chi connectivity index (χ0n) is 25.5. The van der Waals surface area contributed by atoms with E-state index in [1.165, 1.54) is 44.2 Å². The molecule has 2 heterocycles. The minimum absolute atomic E-state index is 0.814. The molecule has 4 nitrogen and oxygen atoms in total. The van der Waals surface area contributed by atoms with E-state index in [0.717, 1.165) is 55.8 Å². The molecule has 1 aliphatic heterocycles. The van der Waals surface area contributed by atoms with Gasteiger partial charge in [0.05, 0.1) is 11.0 Å².